The molecule has 7 rings (SSSR count). The van der Waals surface area contributed by atoms with Gasteiger partial charge in [0.2, 0.25) is 5.79 Å². The first-order valence-electron chi connectivity index (χ1n) is 16.0. The van der Waals surface area contributed by atoms with Crippen LogP contribution < -0.4 is 0 Å². The Morgan fingerprint density at radius 1 is 0.952 bits per heavy atom. The number of rotatable bonds is 2. The summed E-state index contributed by atoms with van der Waals surface area (Å²) in [4.78, 5) is 14.9. The minimum absolute atomic E-state index is 0.0606. The van der Waals surface area contributed by atoms with Gasteiger partial charge in [-0.05, 0) is 65.2 Å². The van der Waals surface area contributed by atoms with E-state index in [0.717, 1.165) is 6.42 Å². The van der Waals surface area contributed by atoms with E-state index >= 15 is 0 Å². The topological polar surface area (TPSA) is 160 Å². The molecule has 6 N–H and O–H groups in total. The van der Waals surface area contributed by atoms with Gasteiger partial charge in [-0.2, -0.15) is 0 Å². The van der Waals surface area contributed by atoms with Crippen LogP contribution in [0.15, 0.2) is 11.6 Å². The van der Waals surface area contributed by atoms with Crippen LogP contribution in [0.4, 0.5) is 0 Å². The molecule has 4 aliphatic carbocycles. The van der Waals surface area contributed by atoms with Crippen molar-refractivity contribution >= 4 is 5.97 Å². The number of esters is 1. The monoisotopic (exact) mass is 591 g/mol. The second kappa shape index (κ2) is 8.57. The molecule has 3 saturated heterocycles. The van der Waals surface area contributed by atoms with E-state index in [2.05, 4.69) is 11.8 Å². The lowest BCUT2D eigenvalue weighted by Gasteiger charge is -2.68. The number of aliphatic hydroxyl groups is 6. The van der Waals surface area contributed by atoms with E-state index in [-0.39, 0.29) is 25.4 Å². The van der Waals surface area contributed by atoms with Gasteiger partial charge in [-0.15, -0.1) is 0 Å². The number of piperidine rings is 2. The van der Waals surface area contributed by atoms with Crippen molar-refractivity contribution in [2.24, 2.45) is 29.1 Å². The molecule has 0 aromatic carbocycles. The number of hydrogen-bond acceptors (Lipinski definition) is 10. The van der Waals surface area contributed by atoms with E-state index in [1.54, 1.807) is 26.8 Å². The molecule has 3 heterocycles. The van der Waals surface area contributed by atoms with Crippen molar-refractivity contribution in [2.45, 2.75) is 138 Å². The fourth-order valence-corrected chi connectivity index (χ4v) is 11.8. The lowest BCUT2D eigenvalue weighted by molar-refractivity contribution is -0.354. The summed E-state index contributed by atoms with van der Waals surface area (Å²) in [5.74, 6) is -4.05. The van der Waals surface area contributed by atoms with E-state index < -0.39 is 75.1 Å². The molecule has 4 bridgehead atoms. The lowest BCUT2D eigenvalue weighted by Crippen LogP contribution is -2.85. The average molecular weight is 592 g/mol. The smallest absolute Gasteiger partial charge is 0.333 e. The Labute approximate surface area is 247 Å². The molecule has 0 radical (unpaired) electrons. The third-order valence-corrected chi connectivity index (χ3v) is 14.1. The summed E-state index contributed by atoms with van der Waals surface area (Å²) in [5.41, 5.74) is -8.96. The number of fused-ring (bicyclic) bond motifs is 5. The number of carbonyl (C=O) groups excluding carboxylic acids is 1. The molecular formula is C32H49NO9. The summed E-state index contributed by atoms with van der Waals surface area (Å²) < 4.78 is 12.6. The zero-order valence-electron chi connectivity index (χ0n) is 25.5. The zero-order chi connectivity index (χ0) is 30.5. The van der Waals surface area contributed by atoms with Crippen LogP contribution in [-0.4, -0.2) is 107 Å². The third kappa shape index (κ3) is 3.07. The molecule has 1 spiro atoms. The Bertz CT molecular complexity index is 1220. The summed E-state index contributed by atoms with van der Waals surface area (Å²) in [5, 5.41) is 73.9. The van der Waals surface area contributed by atoms with Crippen LogP contribution in [-0.2, 0) is 14.3 Å². The predicted molar refractivity (Wildman–Crippen MR) is 150 cm³/mol. The van der Waals surface area contributed by atoms with E-state index in [1.165, 1.54) is 0 Å². The fourth-order valence-electron chi connectivity index (χ4n) is 11.8. The Morgan fingerprint density at radius 2 is 1.64 bits per heavy atom. The van der Waals surface area contributed by atoms with Gasteiger partial charge in [0.1, 0.15) is 22.4 Å². The van der Waals surface area contributed by atoms with Crippen molar-refractivity contribution in [1.82, 2.24) is 4.90 Å². The maximum atomic E-state index is 12.9. The maximum Gasteiger partial charge on any atom is 0.333 e. The van der Waals surface area contributed by atoms with Gasteiger partial charge in [0, 0.05) is 60.7 Å². The number of aliphatic hydroxyl groups excluding tert-OH is 1. The SMILES string of the molecule is C/C=C(\C)C(=O)OC1CCC2(C)C3CCC4C2(C[C@@]2(O)C5CN6CC(C)CCC6[C@@](C)(O)[C@@]5(O)C(O)C[C@@]42O)OC13O. The van der Waals surface area contributed by atoms with Gasteiger partial charge in [-0.25, -0.2) is 4.79 Å². The quantitative estimate of drug-likeness (QED) is 0.202. The molecule has 4 saturated carbocycles. The molecule has 236 valence electrons. The van der Waals surface area contributed by atoms with E-state index in [4.69, 9.17) is 9.47 Å². The maximum absolute atomic E-state index is 12.9. The number of carbonyl (C=O) groups is 1. The van der Waals surface area contributed by atoms with E-state index in [9.17, 15) is 35.4 Å². The normalized spacial score (nSPS) is 60.3. The number of allylic oxidation sites excluding steroid dienone is 1. The van der Waals surface area contributed by atoms with Crippen LogP contribution in [0.3, 0.4) is 0 Å². The van der Waals surface area contributed by atoms with Crippen molar-refractivity contribution in [3.05, 3.63) is 11.6 Å². The number of ether oxygens (including phenoxy) is 2. The van der Waals surface area contributed by atoms with Gasteiger partial charge in [0.15, 0.2) is 6.10 Å². The summed E-state index contributed by atoms with van der Waals surface area (Å²) in [6, 6.07) is -0.387. The number of hydrogen-bond donors (Lipinski definition) is 6. The molecule has 0 amide bonds. The standard InChI is InChI=1S/C32H49NO9/c1-6-18(3)25(35)41-24-11-12-26(4)19-8-9-20-28(37)13-23(34)31(39)21(29(28,38)16-30(20,26)42-32(19,24)40)15-33-14-17(2)7-10-22(33)27(31,5)36/h6,17,19-24,34,36-40H,7-16H2,1-5H3/b18-6+/t17?,19?,20?,21?,22?,23?,24?,26?,27-,28-,29-,30?,31+,32?/m1/s1. The van der Waals surface area contributed by atoms with Gasteiger partial charge in [0.05, 0.1) is 11.7 Å². The fraction of sp³-hybridized carbons (Fsp3) is 0.906. The van der Waals surface area contributed by atoms with Gasteiger partial charge < -0.3 is 40.1 Å². The minimum Gasteiger partial charge on any atom is -0.453 e. The van der Waals surface area contributed by atoms with Gasteiger partial charge >= 0.3 is 5.97 Å². The van der Waals surface area contributed by atoms with Crippen LogP contribution in [0.2, 0.25) is 0 Å². The Balaban J connectivity index is 1.32. The first-order chi connectivity index (χ1) is 19.5. The van der Waals surface area contributed by atoms with Crippen molar-refractivity contribution in [3.8, 4) is 0 Å². The minimum atomic E-state index is -2.06. The summed E-state index contributed by atoms with van der Waals surface area (Å²) in [6.07, 6.45) is 2.30. The highest BCUT2D eigenvalue weighted by Crippen LogP contribution is 2.78. The van der Waals surface area contributed by atoms with Crippen molar-refractivity contribution < 1.29 is 44.9 Å². The van der Waals surface area contributed by atoms with Gasteiger partial charge in [-0.1, -0.05) is 19.9 Å². The zero-order valence-corrected chi connectivity index (χ0v) is 25.5. The number of nitrogens with zero attached hydrogens (tertiary/aromatic N) is 1. The molecular weight excluding hydrogens is 542 g/mol. The first-order valence-corrected chi connectivity index (χ1v) is 16.0. The van der Waals surface area contributed by atoms with Crippen molar-refractivity contribution in [1.29, 1.82) is 0 Å². The molecule has 0 aromatic rings. The van der Waals surface area contributed by atoms with Crippen LogP contribution in [0, 0.1) is 29.1 Å². The molecule has 42 heavy (non-hydrogen) atoms. The van der Waals surface area contributed by atoms with Crippen LogP contribution >= 0.6 is 0 Å². The predicted octanol–water partition coefficient (Wildman–Crippen LogP) is 0.991. The second-order valence-corrected chi connectivity index (χ2v) is 15.7. The Kier molecular flexibility index (Phi) is 6.04. The van der Waals surface area contributed by atoms with Crippen LogP contribution in [0.25, 0.3) is 0 Å². The van der Waals surface area contributed by atoms with Crippen LogP contribution in [0.5, 0.6) is 0 Å². The highest BCUT2D eigenvalue weighted by Gasteiger charge is 2.88. The average Bonchev–Trinajstić information content (AvgIpc) is 3.09. The summed E-state index contributed by atoms with van der Waals surface area (Å²) >= 11 is 0. The molecule has 0 aromatic heterocycles. The Hall–Kier alpha value is -1.11. The largest absolute Gasteiger partial charge is 0.453 e. The van der Waals surface area contributed by atoms with E-state index in [0.29, 0.717) is 50.1 Å². The highest BCUT2D eigenvalue weighted by molar-refractivity contribution is 5.87. The molecule has 10 nitrogen and oxygen atoms in total. The van der Waals surface area contributed by atoms with Crippen molar-refractivity contribution in [3.63, 3.8) is 0 Å². The first kappa shape index (κ1) is 29.6. The van der Waals surface area contributed by atoms with Gasteiger partial charge in [0.25, 0.3) is 0 Å². The van der Waals surface area contributed by atoms with E-state index in [1.807, 2.05) is 6.92 Å². The second-order valence-electron chi connectivity index (χ2n) is 15.7. The highest BCUT2D eigenvalue weighted by atomic mass is 16.7. The van der Waals surface area contributed by atoms with Crippen molar-refractivity contribution in [2.75, 3.05) is 13.1 Å². The molecule has 7 aliphatic rings. The molecule has 10 heteroatoms. The van der Waals surface area contributed by atoms with Gasteiger partial charge in [-0.3, -0.25) is 4.90 Å². The molecule has 10 unspecified atom stereocenters. The molecule has 14 atom stereocenters. The summed E-state index contributed by atoms with van der Waals surface area (Å²) in [7, 11) is 0. The summed E-state index contributed by atoms with van der Waals surface area (Å²) in [6.45, 7) is 10.1. The Morgan fingerprint density at radius 3 is 2.33 bits per heavy atom. The lowest BCUT2D eigenvalue weighted by atomic mass is 9.49. The molecule has 7 fully saturated rings. The third-order valence-electron chi connectivity index (χ3n) is 14.1. The molecule has 3 aliphatic heterocycles. The van der Waals surface area contributed by atoms with Crippen LogP contribution in [0.1, 0.15) is 86.0 Å².